The summed E-state index contributed by atoms with van der Waals surface area (Å²) in [5.74, 6) is 0.141. The Morgan fingerprint density at radius 3 is 2.35 bits per heavy atom. The van der Waals surface area contributed by atoms with E-state index in [0.29, 0.717) is 35.3 Å². The number of halogens is 1. The molecule has 160 valence electrons. The molecular formula is C23H22ClN3O4. The largest absolute Gasteiger partial charge is 0.490 e. The molecule has 0 radical (unpaired) electrons. The average molecular weight is 440 g/mol. The molecule has 7 nitrogen and oxygen atoms in total. The highest BCUT2D eigenvalue weighted by molar-refractivity contribution is 6.30. The standard InChI is InChI=1S/C23H22ClN3O4/c1-2-30-21-14-18(5-8-20(21)31-15-17-9-11-25-12-10-17)23(29)27-26-22(28)13-16-3-6-19(24)7-4-16/h3-12,14H,2,13,15H2,1H3,(H,26,28)(H,27,29). The molecule has 1 aromatic heterocycles. The van der Waals surface area contributed by atoms with Crippen LogP contribution in [-0.2, 0) is 17.8 Å². The lowest BCUT2D eigenvalue weighted by molar-refractivity contribution is -0.121. The molecule has 0 unspecified atom stereocenters. The number of carbonyl (C=O) groups is 2. The highest BCUT2D eigenvalue weighted by Gasteiger charge is 2.13. The second kappa shape index (κ2) is 11.0. The van der Waals surface area contributed by atoms with Crippen molar-refractivity contribution in [2.45, 2.75) is 20.0 Å². The summed E-state index contributed by atoms with van der Waals surface area (Å²) in [4.78, 5) is 28.5. The fourth-order valence-electron chi connectivity index (χ4n) is 2.71. The van der Waals surface area contributed by atoms with Gasteiger partial charge >= 0.3 is 0 Å². The lowest BCUT2D eigenvalue weighted by Gasteiger charge is -2.14. The minimum Gasteiger partial charge on any atom is -0.490 e. The van der Waals surface area contributed by atoms with Crippen LogP contribution in [0.3, 0.4) is 0 Å². The normalized spacial score (nSPS) is 10.3. The molecule has 31 heavy (non-hydrogen) atoms. The Balaban J connectivity index is 1.59. The van der Waals surface area contributed by atoms with Crippen molar-refractivity contribution in [3.63, 3.8) is 0 Å². The Morgan fingerprint density at radius 2 is 1.65 bits per heavy atom. The highest BCUT2D eigenvalue weighted by Crippen LogP contribution is 2.29. The van der Waals surface area contributed by atoms with Gasteiger partial charge in [-0.25, -0.2) is 0 Å². The molecule has 0 aliphatic heterocycles. The monoisotopic (exact) mass is 439 g/mol. The second-order valence-electron chi connectivity index (χ2n) is 6.54. The minimum atomic E-state index is -0.467. The summed E-state index contributed by atoms with van der Waals surface area (Å²) in [6, 6.07) is 15.5. The summed E-state index contributed by atoms with van der Waals surface area (Å²) < 4.78 is 11.4. The van der Waals surface area contributed by atoms with Crippen molar-refractivity contribution < 1.29 is 19.1 Å². The number of aromatic nitrogens is 1. The summed E-state index contributed by atoms with van der Waals surface area (Å²) in [7, 11) is 0. The number of nitrogens with one attached hydrogen (secondary N) is 2. The lowest BCUT2D eigenvalue weighted by atomic mass is 10.1. The SMILES string of the molecule is CCOc1cc(C(=O)NNC(=O)Cc2ccc(Cl)cc2)ccc1OCc1ccncc1. The van der Waals surface area contributed by atoms with Gasteiger partial charge in [-0.05, 0) is 60.5 Å². The van der Waals surface area contributed by atoms with Crippen molar-refractivity contribution in [2.24, 2.45) is 0 Å². The van der Waals surface area contributed by atoms with Crippen molar-refractivity contribution in [3.05, 3.63) is 88.7 Å². The van der Waals surface area contributed by atoms with Gasteiger partial charge in [-0.15, -0.1) is 0 Å². The van der Waals surface area contributed by atoms with E-state index in [1.54, 1.807) is 54.9 Å². The smallest absolute Gasteiger partial charge is 0.269 e. The van der Waals surface area contributed by atoms with Gasteiger partial charge in [-0.2, -0.15) is 0 Å². The van der Waals surface area contributed by atoms with Gasteiger partial charge in [0.1, 0.15) is 6.61 Å². The first kappa shape index (κ1) is 22.1. The maximum absolute atomic E-state index is 12.4. The van der Waals surface area contributed by atoms with E-state index in [4.69, 9.17) is 21.1 Å². The van der Waals surface area contributed by atoms with E-state index in [1.165, 1.54) is 0 Å². The zero-order chi connectivity index (χ0) is 22.1. The molecule has 0 aliphatic rings. The Morgan fingerprint density at radius 1 is 0.903 bits per heavy atom. The van der Waals surface area contributed by atoms with Gasteiger partial charge in [0.15, 0.2) is 11.5 Å². The number of pyridine rings is 1. The van der Waals surface area contributed by atoms with Crippen molar-refractivity contribution in [3.8, 4) is 11.5 Å². The van der Waals surface area contributed by atoms with Crippen LogP contribution in [0.15, 0.2) is 67.0 Å². The summed E-state index contributed by atoms with van der Waals surface area (Å²) in [5.41, 5.74) is 6.89. The van der Waals surface area contributed by atoms with Gasteiger partial charge in [0.2, 0.25) is 5.91 Å². The van der Waals surface area contributed by atoms with Crippen molar-refractivity contribution >= 4 is 23.4 Å². The molecule has 3 aromatic rings. The predicted molar refractivity (Wildman–Crippen MR) is 117 cm³/mol. The van der Waals surface area contributed by atoms with Crippen LogP contribution in [0.2, 0.25) is 5.02 Å². The van der Waals surface area contributed by atoms with E-state index >= 15 is 0 Å². The Bertz CT molecular complexity index is 1030. The number of hydrogen-bond donors (Lipinski definition) is 2. The number of nitrogens with zero attached hydrogens (tertiary/aromatic N) is 1. The van der Waals surface area contributed by atoms with Gasteiger partial charge in [-0.1, -0.05) is 23.7 Å². The third-order valence-corrected chi connectivity index (χ3v) is 4.49. The van der Waals surface area contributed by atoms with Crippen LogP contribution >= 0.6 is 11.6 Å². The van der Waals surface area contributed by atoms with Crippen LogP contribution < -0.4 is 20.3 Å². The molecule has 2 N–H and O–H groups in total. The molecule has 2 aromatic carbocycles. The zero-order valence-electron chi connectivity index (χ0n) is 16.9. The quantitative estimate of drug-likeness (QED) is 0.522. The van der Waals surface area contributed by atoms with E-state index in [9.17, 15) is 9.59 Å². The fourth-order valence-corrected chi connectivity index (χ4v) is 2.83. The molecule has 0 saturated heterocycles. The first-order valence-electron chi connectivity index (χ1n) is 9.67. The van der Waals surface area contributed by atoms with Crippen LogP contribution in [0.1, 0.15) is 28.4 Å². The van der Waals surface area contributed by atoms with E-state index in [0.717, 1.165) is 11.1 Å². The maximum atomic E-state index is 12.4. The van der Waals surface area contributed by atoms with Crippen molar-refractivity contribution in [1.29, 1.82) is 0 Å². The van der Waals surface area contributed by atoms with Gasteiger partial charge in [-0.3, -0.25) is 25.4 Å². The van der Waals surface area contributed by atoms with Gasteiger partial charge in [0, 0.05) is 23.0 Å². The lowest BCUT2D eigenvalue weighted by Crippen LogP contribution is -2.42. The molecule has 0 fully saturated rings. The van der Waals surface area contributed by atoms with Gasteiger partial charge in [0.05, 0.1) is 13.0 Å². The summed E-state index contributed by atoms with van der Waals surface area (Å²) >= 11 is 5.84. The molecule has 8 heteroatoms. The Hall–Kier alpha value is -3.58. The Kier molecular flexibility index (Phi) is 7.84. The molecule has 2 amide bonds. The number of benzene rings is 2. The second-order valence-corrected chi connectivity index (χ2v) is 6.98. The fraction of sp³-hybridized carbons (Fsp3) is 0.174. The number of ether oxygens (including phenoxy) is 2. The number of rotatable bonds is 8. The van der Waals surface area contributed by atoms with Crippen molar-refractivity contribution in [1.82, 2.24) is 15.8 Å². The summed E-state index contributed by atoms with van der Waals surface area (Å²) in [6.07, 6.45) is 3.50. The maximum Gasteiger partial charge on any atom is 0.269 e. The van der Waals surface area contributed by atoms with Gasteiger partial charge in [0.25, 0.3) is 5.91 Å². The van der Waals surface area contributed by atoms with Crippen LogP contribution in [0, 0.1) is 0 Å². The molecule has 0 spiro atoms. The predicted octanol–water partition coefficient (Wildman–Crippen LogP) is 3.72. The molecule has 3 rings (SSSR count). The van der Waals surface area contributed by atoms with Crippen molar-refractivity contribution in [2.75, 3.05) is 6.61 Å². The first-order chi connectivity index (χ1) is 15.0. The number of amides is 2. The third-order valence-electron chi connectivity index (χ3n) is 4.24. The van der Waals surface area contributed by atoms with E-state index < -0.39 is 5.91 Å². The zero-order valence-corrected chi connectivity index (χ0v) is 17.7. The average Bonchev–Trinajstić information content (AvgIpc) is 2.79. The number of hydrazine groups is 1. The number of carbonyl (C=O) groups excluding carboxylic acids is 2. The highest BCUT2D eigenvalue weighted by atomic mass is 35.5. The van der Waals surface area contributed by atoms with E-state index in [2.05, 4.69) is 15.8 Å². The first-order valence-corrected chi connectivity index (χ1v) is 10.0. The van der Waals surface area contributed by atoms with Gasteiger partial charge < -0.3 is 9.47 Å². The minimum absolute atomic E-state index is 0.115. The third kappa shape index (κ3) is 6.72. The topological polar surface area (TPSA) is 89.6 Å². The molecule has 1 heterocycles. The number of hydrogen-bond acceptors (Lipinski definition) is 5. The van der Waals surface area contributed by atoms with E-state index in [-0.39, 0.29) is 12.3 Å². The summed E-state index contributed by atoms with van der Waals surface area (Å²) in [6.45, 7) is 2.60. The van der Waals surface area contributed by atoms with Crippen LogP contribution in [0.25, 0.3) is 0 Å². The van der Waals surface area contributed by atoms with E-state index in [1.807, 2.05) is 19.1 Å². The molecule has 0 bridgehead atoms. The van der Waals surface area contributed by atoms with Crippen LogP contribution in [0.4, 0.5) is 0 Å². The summed E-state index contributed by atoms with van der Waals surface area (Å²) in [5, 5.41) is 0.593. The van der Waals surface area contributed by atoms with Crippen LogP contribution in [0.5, 0.6) is 11.5 Å². The molecule has 0 atom stereocenters. The Labute approximate surface area is 185 Å². The molecule has 0 aliphatic carbocycles. The molecular weight excluding hydrogens is 418 g/mol. The molecule has 0 saturated carbocycles. The van der Waals surface area contributed by atoms with Crippen LogP contribution in [-0.4, -0.2) is 23.4 Å².